The molecule has 1 saturated heterocycles. The summed E-state index contributed by atoms with van der Waals surface area (Å²) in [6.45, 7) is 6.81. The summed E-state index contributed by atoms with van der Waals surface area (Å²) in [5.74, 6) is -0.123. The highest BCUT2D eigenvalue weighted by atomic mass is 79.9. The van der Waals surface area contributed by atoms with Gasteiger partial charge in [-0.1, -0.05) is 33.6 Å². The molecule has 0 bridgehead atoms. The number of nitrogens with zero attached hydrogens (tertiary/aromatic N) is 2. The number of aliphatic hydroxyl groups excluding tert-OH is 1. The van der Waals surface area contributed by atoms with Crippen molar-refractivity contribution < 1.29 is 24.3 Å². The fourth-order valence-corrected chi connectivity index (χ4v) is 3.54. The Balaban J connectivity index is 1.96. The molecule has 29 heavy (non-hydrogen) atoms. The molecule has 1 heterocycles. The van der Waals surface area contributed by atoms with Gasteiger partial charge in [0.25, 0.3) is 5.91 Å². The third-order valence-corrected chi connectivity index (χ3v) is 5.42. The summed E-state index contributed by atoms with van der Waals surface area (Å²) < 4.78 is 6.17. The molecule has 7 nitrogen and oxygen atoms in total. The largest absolute Gasteiger partial charge is 0.528 e. The van der Waals surface area contributed by atoms with E-state index in [1.54, 1.807) is 45.0 Å². The van der Waals surface area contributed by atoms with Gasteiger partial charge in [-0.25, -0.2) is 4.79 Å². The Labute approximate surface area is 180 Å². The third kappa shape index (κ3) is 7.13. The summed E-state index contributed by atoms with van der Waals surface area (Å²) in [7, 11) is 1.66. The van der Waals surface area contributed by atoms with E-state index in [1.807, 2.05) is 12.1 Å². The fourth-order valence-electron chi connectivity index (χ4n) is 2.88. The number of piperidine rings is 1. The second-order valence-corrected chi connectivity index (χ2v) is 8.72. The van der Waals surface area contributed by atoms with Crippen LogP contribution in [0, 0.1) is 0 Å². The van der Waals surface area contributed by atoms with Crippen LogP contribution >= 0.6 is 15.9 Å². The molecule has 0 radical (unpaired) electrons. The van der Waals surface area contributed by atoms with Crippen LogP contribution in [0.4, 0.5) is 4.79 Å². The highest BCUT2D eigenvalue weighted by Crippen LogP contribution is 2.31. The van der Waals surface area contributed by atoms with Crippen LogP contribution in [0.5, 0.6) is 0 Å². The van der Waals surface area contributed by atoms with E-state index in [0.717, 1.165) is 22.9 Å². The van der Waals surface area contributed by atoms with Crippen molar-refractivity contribution in [3.8, 4) is 0 Å². The first kappa shape index (κ1) is 23.4. The molecule has 1 aliphatic heterocycles. The van der Waals surface area contributed by atoms with Gasteiger partial charge in [-0.2, -0.15) is 0 Å². The van der Waals surface area contributed by atoms with Crippen LogP contribution in [0.2, 0.25) is 0 Å². The van der Waals surface area contributed by atoms with Crippen LogP contribution in [0.15, 0.2) is 29.8 Å². The van der Waals surface area contributed by atoms with E-state index in [0.29, 0.717) is 25.2 Å². The van der Waals surface area contributed by atoms with Crippen molar-refractivity contribution in [1.29, 1.82) is 0 Å². The highest BCUT2D eigenvalue weighted by Gasteiger charge is 2.24. The first-order chi connectivity index (χ1) is 13.6. The van der Waals surface area contributed by atoms with Crippen LogP contribution in [0.25, 0.3) is 4.48 Å². The topological polar surface area (TPSA) is 79.3 Å². The number of hydrogen-bond acceptors (Lipinski definition) is 6. The lowest BCUT2D eigenvalue weighted by molar-refractivity contribution is -0.146. The summed E-state index contributed by atoms with van der Waals surface area (Å²) in [5.41, 5.74) is 2.21. The van der Waals surface area contributed by atoms with E-state index < -0.39 is 11.8 Å². The van der Waals surface area contributed by atoms with Crippen LogP contribution in [-0.2, 0) is 9.57 Å². The molecule has 0 spiro atoms. The smallest absolute Gasteiger partial charge is 0.427 e. The van der Waals surface area contributed by atoms with Gasteiger partial charge < -0.3 is 19.6 Å². The molecule has 8 heteroatoms. The second kappa shape index (κ2) is 10.2. The van der Waals surface area contributed by atoms with Crippen LogP contribution in [0.1, 0.15) is 49.5 Å². The lowest BCUT2D eigenvalue weighted by Crippen LogP contribution is -2.35. The van der Waals surface area contributed by atoms with Gasteiger partial charge in [0.15, 0.2) is 0 Å². The molecule has 0 atom stereocenters. The molecule has 160 valence electrons. The zero-order chi connectivity index (χ0) is 21.6. The molecule has 1 aliphatic rings. The first-order valence-electron chi connectivity index (χ1n) is 9.61. The molecule has 1 N–H and O–H groups in total. The van der Waals surface area contributed by atoms with Crippen molar-refractivity contribution in [3.05, 3.63) is 41.0 Å². The van der Waals surface area contributed by atoms with E-state index in [9.17, 15) is 9.59 Å². The van der Waals surface area contributed by atoms with E-state index in [1.165, 1.54) is 10.5 Å². The van der Waals surface area contributed by atoms with Crippen LogP contribution in [0.3, 0.4) is 0 Å². The Morgan fingerprint density at radius 3 is 2.21 bits per heavy atom. The van der Waals surface area contributed by atoms with Gasteiger partial charge in [0.1, 0.15) is 5.60 Å². The van der Waals surface area contributed by atoms with Gasteiger partial charge in [-0.05, 0) is 51.3 Å². The molecule has 0 unspecified atom stereocenters. The van der Waals surface area contributed by atoms with Gasteiger partial charge in [0.05, 0.1) is 6.61 Å². The number of likely N-dealkylation sites (N-methyl/N-ethyl adjacent to an activating group) is 1. The Bertz CT molecular complexity index is 745. The highest BCUT2D eigenvalue weighted by molar-refractivity contribution is 9.15. The SMILES string of the molecule is CN(CCO)C(=O)c1ccc(C(Br)=C2CCN(OC(=O)OC(C)(C)C)CC2)cc1. The number of hydroxylamine groups is 2. The molecular formula is C21H29BrN2O5. The van der Waals surface area contributed by atoms with Crippen LogP contribution < -0.4 is 0 Å². The van der Waals surface area contributed by atoms with E-state index in [4.69, 9.17) is 14.7 Å². The summed E-state index contributed by atoms with van der Waals surface area (Å²) in [5, 5.41) is 10.6. The number of carbonyl (C=O) groups is 2. The lowest BCUT2D eigenvalue weighted by atomic mass is 10.0. The average Bonchev–Trinajstić information content (AvgIpc) is 2.66. The number of benzene rings is 1. The van der Waals surface area contributed by atoms with Crippen molar-refractivity contribution >= 4 is 32.5 Å². The number of carbonyl (C=O) groups excluding carboxylic acids is 2. The number of hydrogen-bond donors (Lipinski definition) is 1. The molecule has 1 fully saturated rings. The third-order valence-electron chi connectivity index (χ3n) is 4.40. The van der Waals surface area contributed by atoms with Crippen LogP contribution in [-0.4, -0.2) is 66.0 Å². The molecule has 0 saturated carbocycles. The Hall–Kier alpha value is -1.90. The summed E-state index contributed by atoms with van der Waals surface area (Å²) in [4.78, 5) is 30.8. The summed E-state index contributed by atoms with van der Waals surface area (Å²) in [6.07, 6.45) is 0.822. The molecule has 0 aliphatic carbocycles. The Morgan fingerprint density at radius 2 is 1.69 bits per heavy atom. The predicted octanol–water partition coefficient (Wildman–Crippen LogP) is 3.82. The van der Waals surface area contributed by atoms with Gasteiger partial charge in [0, 0.05) is 36.7 Å². The Kier molecular flexibility index (Phi) is 8.24. The van der Waals surface area contributed by atoms with Crippen molar-refractivity contribution in [2.75, 3.05) is 33.3 Å². The maximum Gasteiger partial charge on any atom is 0.528 e. The quantitative estimate of drug-likeness (QED) is 0.661. The van der Waals surface area contributed by atoms with Crippen molar-refractivity contribution in [1.82, 2.24) is 9.96 Å². The molecule has 0 aromatic heterocycles. The van der Waals surface area contributed by atoms with Gasteiger partial charge in [-0.15, -0.1) is 5.06 Å². The normalized spacial score (nSPS) is 15.0. The predicted molar refractivity (Wildman–Crippen MR) is 114 cm³/mol. The van der Waals surface area contributed by atoms with E-state index >= 15 is 0 Å². The van der Waals surface area contributed by atoms with Crippen molar-refractivity contribution in [2.24, 2.45) is 0 Å². The Morgan fingerprint density at radius 1 is 1.14 bits per heavy atom. The minimum Gasteiger partial charge on any atom is -0.427 e. The minimum absolute atomic E-state index is 0.0629. The van der Waals surface area contributed by atoms with E-state index in [2.05, 4.69) is 15.9 Å². The van der Waals surface area contributed by atoms with Crippen molar-refractivity contribution in [2.45, 2.75) is 39.2 Å². The number of aliphatic hydroxyl groups is 1. The van der Waals surface area contributed by atoms with Crippen molar-refractivity contribution in [3.63, 3.8) is 0 Å². The zero-order valence-electron chi connectivity index (χ0n) is 17.4. The maximum atomic E-state index is 12.3. The van der Waals surface area contributed by atoms with Gasteiger partial charge in [-0.3, -0.25) is 4.79 Å². The standard InChI is InChI=1S/C21H29BrN2O5/c1-21(2,3)28-20(27)29-24-11-9-16(10-12-24)18(22)15-5-7-17(8-6-15)19(26)23(4)13-14-25/h5-8,25H,9-14H2,1-4H3. The number of amides is 1. The average molecular weight is 469 g/mol. The molecule has 1 aromatic carbocycles. The molecule has 2 rings (SSSR count). The minimum atomic E-state index is -0.685. The number of halogens is 1. The molecule has 1 amide bonds. The monoisotopic (exact) mass is 468 g/mol. The molecular weight excluding hydrogens is 440 g/mol. The summed E-state index contributed by atoms with van der Waals surface area (Å²) in [6, 6.07) is 7.38. The summed E-state index contributed by atoms with van der Waals surface area (Å²) >= 11 is 3.67. The number of ether oxygens (including phenoxy) is 1. The fraction of sp³-hybridized carbons (Fsp3) is 0.524. The molecule has 1 aromatic rings. The second-order valence-electron chi connectivity index (χ2n) is 7.93. The number of rotatable bonds is 5. The lowest BCUT2D eigenvalue weighted by Gasteiger charge is -2.28. The van der Waals surface area contributed by atoms with Gasteiger partial charge >= 0.3 is 6.16 Å². The maximum absolute atomic E-state index is 12.3. The van der Waals surface area contributed by atoms with E-state index in [-0.39, 0.29) is 12.5 Å². The first-order valence-corrected chi connectivity index (χ1v) is 10.4. The zero-order valence-corrected chi connectivity index (χ0v) is 19.0. The van der Waals surface area contributed by atoms with Gasteiger partial charge in [0.2, 0.25) is 0 Å².